The van der Waals surface area contributed by atoms with Crippen LogP contribution in [0.1, 0.15) is 19.4 Å². The Balaban J connectivity index is 1.48. The molecule has 0 unspecified atom stereocenters. The number of fused-ring (bicyclic) bond motifs is 1. The molecule has 0 atom stereocenters. The molecule has 3 aromatic carbocycles. The average Bonchev–Trinajstić information content (AvgIpc) is 2.81. The molecule has 33 heavy (non-hydrogen) atoms. The predicted octanol–water partition coefficient (Wildman–Crippen LogP) is 3.93. The summed E-state index contributed by atoms with van der Waals surface area (Å²) in [6.45, 7) is 4.44. The Labute approximate surface area is 195 Å². The van der Waals surface area contributed by atoms with Crippen LogP contribution in [0, 0.1) is 0 Å². The molecule has 8 heteroatoms. The molecule has 0 aliphatic heterocycles. The normalized spacial score (nSPS) is 11.5. The van der Waals surface area contributed by atoms with Crippen LogP contribution in [0.5, 0.6) is 5.75 Å². The van der Waals surface area contributed by atoms with Gasteiger partial charge in [0.15, 0.2) is 0 Å². The summed E-state index contributed by atoms with van der Waals surface area (Å²) in [6, 6.07) is 21.1. The van der Waals surface area contributed by atoms with E-state index in [1.165, 1.54) is 0 Å². The number of hydrogen-bond donors (Lipinski definition) is 2. The number of carbonyl (C=O) groups is 1. The van der Waals surface area contributed by atoms with Gasteiger partial charge in [-0.1, -0.05) is 42.5 Å². The van der Waals surface area contributed by atoms with Gasteiger partial charge in [0.1, 0.15) is 12.4 Å². The van der Waals surface area contributed by atoms with E-state index in [0.29, 0.717) is 26.1 Å². The van der Waals surface area contributed by atoms with E-state index in [-0.39, 0.29) is 6.03 Å². The molecule has 3 rings (SSSR count). The quantitative estimate of drug-likeness (QED) is 0.441. The minimum Gasteiger partial charge on any atom is -0.492 e. The molecule has 0 aromatic heterocycles. The highest BCUT2D eigenvalue weighted by Crippen LogP contribution is 2.22. The number of anilines is 1. The highest BCUT2D eigenvalue weighted by molar-refractivity contribution is 7.90. The van der Waals surface area contributed by atoms with E-state index in [1.54, 1.807) is 25.8 Å². The second-order valence-corrected chi connectivity index (χ2v) is 10.4. The van der Waals surface area contributed by atoms with Crippen molar-refractivity contribution in [2.45, 2.75) is 25.5 Å². The lowest BCUT2D eigenvalue weighted by Gasteiger charge is -2.18. The third-order valence-corrected chi connectivity index (χ3v) is 7.16. The van der Waals surface area contributed by atoms with Crippen LogP contribution < -0.4 is 19.7 Å². The van der Waals surface area contributed by atoms with Gasteiger partial charge in [-0.3, -0.25) is 4.90 Å². The van der Waals surface area contributed by atoms with E-state index < -0.39 is 15.3 Å². The largest absolute Gasteiger partial charge is 0.492 e. The van der Waals surface area contributed by atoms with Crippen LogP contribution in [0.25, 0.3) is 10.8 Å². The van der Waals surface area contributed by atoms with Crippen LogP contribution in [0.15, 0.2) is 66.7 Å². The lowest BCUT2D eigenvalue weighted by Crippen LogP contribution is -2.39. The fraction of sp³-hybridized carbons (Fsp3) is 0.320. The first-order valence-electron chi connectivity index (χ1n) is 11.0. The molecule has 0 aliphatic rings. The van der Waals surface area contributed by atoms with Crippen molar-refractivity contribution in [3.05, 3.63) is 72.3 Å². The Morgan fingerprint density at radius 2 is 1.67 bits per heavy atom. The van der Waals surface area contributed by atoms with Crippen LogP contribution in [0.3, 0.4) is 0 Å². The van der Waals surface area contributed by atoms with E-state index in [2.05, 4.69) is 16.1 Å². The Hall–Kier alpha value is -3.10. The number of hydrogen-bond acceptors (Lipinski definition) is 4. The molecule has 0 saturated heterocycles. The molecular formula is C25H31N3O4S. The number of para-hydroxylation sites is 1. The molecule has 176 valence electrons. The van der Waals surface area contributed by atoms with E-state index in [9.17, 15) is 13.2 Å². The summed E-state index contributed by atoms with van der Waals surface area (Å²) in [5, 5.41) is 4.50. The molecule has 2 amide bonds. The van der Waals surface area contributed by atoms with E-state index in [0.717, 1.165) is 27.8 Å². The third-order valence-electron chi connectivity index (χ3n) is 5.31. The number of urea groups is 1. The second-order valence-electron chi connectivity index (χ2n) is 8.06. The van der Waals surface area contributed by atoms with Gasteiger partial charge in [0.2, 0.25) is 10.0 Å². The third kappa shape index (κ3) is 6.94. The Morgan fingerprint density at radius 3 is 2.39 bits per heavy atom. The number of nitrogens with zero attached hydrogens (tertiary/aromatic N) is 1. The fourth-order valence-electron chi connectivity index (χ4n) is 3.24. The van der Waals surface area contributed by atoms with Crippen LogP contribution in [-0.4, -0.2) is 46.4 Å². The highest BCUT2D eigenvalue weighted by Gasteiger charge is 2.14. The molecule has 0 aliphatic carbocycles. The van der Waals surface area contributed by atoms with Crippen molar-refractivity contribution in [3.8, 4) is 5.75 Å². The van der Waals surface area contributed by atoms with Crippen LogP contribution in [0.4, 0.5) is 10.5 Å². The number of carbonyl (C=O) groups excluding carboxylic acids is 1. The first-order valence-corrected chi connectivity index (χ1v) is 12.5. The molecule has 0 saturated carbocycles. The maximum absolute atomic E-state index is 12.2. The summed E-state index contributed by atoms with van der Waals surface area (Å²) in [5.41, 5.74) is 1.88. The topological polar surface area (TPSA) is 87.7 Å². The maximum atomic E-state index is 12.2. The Bertz CT molecular complexity index is 1180. The number of amides is 2. The number of benzene rings is 3. The summed E-state index contributed by atoms with van der Waals surface area (Å²) >= 11 is 0. The van der Waals surface area contributed by atoms with Crippen molar-refractivity contribution in [3.63, 3.8) is 0 Å². The number of rotatable bonds is 10. The van der Waals surface area contributed by atoms with E-state index in [1.807, 2.05) is 60.7 Å². The van der Waals surface area contributed by atoms with Gasteiger partial charge in [-0.15, -0.1) is 0 Å². The van der Waals surface area contributed by atoms with Crippen molar-refractivity contribution < 1.29 is 17.9 Å². The monoisotopic (exact) mass is 469 g/mol. The van der Waals surface area contributed by atoms with Crippen LogP contribution in [-0.2, 0) is 16.4 Å². The number of sulfonamides is 1. The molecule has 0 heterocycles. The minimum absolute atomic E-state index is 0.188. The molecular weight excluding hydrogens is 438 g/mol. The summed E-state index contributed by atoms with van der Waals surface area (Å²) in [5.74, 6) is 0.727. The summed E-state index contributed by atoms with van der Waals surface area (Å²) < 4.78 is 32.2. The van der Waals surface area contributed by atoms with Gasteiger partial charge in [0.05, 0.1) is 11.8 Å². The molecule has 0 fully saturated rings. The highest BCUT2D eigenvalue weighted by atomic mass is 32.2. The van der Waals surface area contributed by atoms with Crippen molar-refractivity contribution in [1.29, 1.82) is 0 Å². The van der Waals surface area contributed by atoms with E-state index in [4.69, 9.17) is 4.74 Å². The number of nitrogens with one attached hydrogen (secondary N) is 2. The van der Waals surface area contributed by atoms with Crippen LogP contribution >= 0.6 is 0 Å². The molecule has 0 spiro atoms. The van der Waals surface area contributed by atoms with Gasteiger partial charge in [0, 0.05) is 19.3 Å². The van der Waals surface area contributed by atoms with Gasteiger partial charge in [-0.25, -0.2) is 17.9 Å². The molecule has 0 bridgehead atoms. The summed E-state index contributed by atoms with van der Waals surface area (Å²) in [7, 11) is -1.52. The maximum Gasteiger partial charge on any atom is 0.321 e. The first kappa shape index (κ1) is 24.5. The lowest BCUT2D eigenvalue weighted by atomic mass is 10.0. The van der Waals surface area contributed by atoms with Gasteiger partial charge >= 0.3 is 6.03 Å². The summed E-state index contributed by atoms with van der Waals surface area (Å²) in [6.07, 6.45) is 0.622. The zero-order valence-electron chi connectivity index (χ0n) is 19.2. The average molecular weight is 470 g/mol. The number of ether oxygens (including phenoxy) is 1. The molecule has 0 radical (unpaired) electrons. The van der Waals surface area contributed by atoms with Gasteiger partial charge in [-0.2, -0.15) is 0 Å². The van der Waals surface area contributed by atoms with Crippen molar-refractivity contribution >= 4 is 32.5 Å². The molecule has 7 nitrogen and oxygen atoms in total. The zero-order chi connectivity index (χ0) is 23.8. The minimum atomic E-state index is -3.25. The second kappa shape index (κ2) is 11.2. The SMILES string of the molecule is CC(C)S(=O)(=O)NCCc1ccc2cc(OCCNC(=O)N(C)c3ccccc3)ccc2c1. The lowest BCUT2D eigenvalue weighted by molar-refractivity contribution is 0.243. The first-order chi connectivity index (χ1) is 15.8. The van der Waals surface area contributed by atoms with Crippen LogP contribution in [0.2, 0.25) is 0 Å². The fourth-order valence-corrected chi connectivity index (χ4v) is 3.96. The Kier molecular flexibility index (Phi) is 8.30. The van der Waals surface area contributed by atoms with Crippen molar-refractivity contribution in [1.82, 2.24) is 10.0 Å². The van der Waals surface area contributed by atoms with Gasteiger partial charge in [0.25, 0.3) is 0 Å². The standard InChI is InChI=1S/C25H31N3O4S/c1-19(2)33(30,31)27-14-13-20-9-10-22-18-24(12-11-21(22)17-20)32-16-15-26-25(29)28(3)23-7-5-4-6-8-23/h4-12,17-19,27H,13-16H2,1-3H3,(H,26,29). The Morgan fingerprint density at radius 1 is 0.970 bits per heavy atom. The van der Waals surface area contributed by atoms with Gasteiger partial charge in [-0.05, 0) is 60.9 Å². The van der Waals surface area contributed by atoms with E-state index >= 15 is 0 Å². The smallest absolute Gasteiger partial charge is 0.321 e. The van der Waals surface area contributed by atoms with Crippen molar-refractivity contribution in [2.75, 3.05) is 31.6 Å². The van der Waals surface area contributed by atoms with Gasteiger partial charge < -0.3 is 10.1 Å². The van der Waals surface area contributed by atoms with Crippen molar-refractivity contribution in [2.24, 2.45) is 0 Å². The zero-order valence-corrected chi connectivity index (χ0v) is 20.1. The predicted molar refractivity (Wildman–Crippen MR) is 133 cm³/mol. The molecule has 2 N–H and O–H groups in total. The summed E-state index contributed by atoms with van der Waals surface area (Å²) in [4.78, 5) is 13.8. The molecule has 3 aromatic rings.